The SMILES string of the molecule is C=NNC(=C(C)C)C1CCCN1C(=O)OC(C)(C)C. The maximum absolute atomic E-state index is 12.2. The Morgan fingerprint density at radius 1 is 1.42 bits per heavy atom. The van der Waals surface area contributed by atoms with Crippen LogP contribution >= 0.6 is 0 Å². The van der Waals surface area contributed by atoms with Crippen LogP contribution in [0.15, 0.2) is 16.4 Å². The lowest BCUT2D eigenvalue weighted by Gasteiger charge is -2.30. The van der Waals surface area contributed by atoms with Gasteiger partial charge in [0.1, 0.15) is 5.60 Å². The standard InChI is InChI=1S/C14H25N3O2/c1-10(2)12(16-15-6)11-8-7-9-17(11)13(18)19-14(3,4)5/h11,16H,6-9H2,1-5H3. The fourth-order valence-electron chi connectivity index (χ4n) is 2.21. The van der Waals surface area contributed by atoms with Gasteiger partial charge in [-0.3, -0.25) is 10.3 Å². The summed E-state index contributed by atoms with van der Waals surface area (Å²) in [5.74, 6) is 0. The third kappa shape index (κ3) is 4.26. The summed E-state index contributed by atoms with van der Waals surface area (Å²) in [6.45, 7) is 13.8. The van der Waals surface area contributed by atoms with E-state index in [1.807, 2.05) is 34.6 Å². The molecule has 0 aromatic heterocycles. The number of likely N-dealkylation sites (tertiary alicyclic amines) is 1. The molecule has 0 aliphatic carbocycles. The molecular formula is C14H25N3O2. The molecule has 5 nitrogen and oxygen atoms in total. The molecule has 1 unspecified atom stereocenters. The maximum Gasteiger partial charge on any atom is 0.410 e. The van der Waals surface area contributed by atoms with Gasteiger partial charge in [0, 0.05) is 13.3 Å². The van der Waals surface area contributed by atoms with Gasteiger partial charge in [-0.05, 0) is 47.5 Å². The highest BCUT2D eigenvalue weighted by Gasteiger charge is 2.34. The Morgan fingerprint density at radius 2 is 2.05 bits per heavy atom. The van der Waals surface area contributed by atoms with Crippen LogP contribution < -0.4 is 5.43 Å². The molecule has 0 radical (unpaired) electrons. The molecule has 0 saturated carbocycles. The molecule has 1 saturated heterocycles. The number of nitrogens with zero attached hydrogens (tertiary/aromatic N) is 2. The molecule has 1 atom stereocenters. The van der Waals surface area contributed by atoms with Gasteiger partial charge in [-0.25, -0.2) is 4.79 Å². The number of carbonyl (C=O) groups is 1. The van der Waals surface area contributed by atoms with Crippen molar-refractivity contribution in [2.45, 2.75) is 59.1 Å². The van der Waals surface area contributed by atoms with Crippen LogP contribution in [0, 0.1) is 0 Å². The first-order chi connectivity index (χ1) is 8.76. The van der Waals surface area contributed by atoms with Crippen LogP contribution in [0.4, 0.5) is 4.79 Å². The molecule has 1 heterocycles. The van der Waals surface area contributed by atoms with Gasteiger partial charge < -0.3 is 4.74 Å². The van der Waals surface area contributed by atoms with E-state index >= 15 is 0 Å². The fraction of sp³-hybridized carbons (Fsp3) is 0.714. The Morgan fingerprint density at radius 3 is 2.53 bits per heavy atom. The number of carbonyl (C=O) groups excluding carboxylic acids is 1. The van der Waals surface area contributed by atoms with E-state index in [1.54, 1.807) is 4.90 Å². The molecule has 1 aliphatic heterocycles. The Kier molecular flexibility index (Phi) is 4.97. The summed E-state index contributed by atoms with van der Waals surface area (Å²) >= 11 is 0. The number of nitrogens with one attached hydrogen (secondary N) is 1. The van der Waals surface area contributed by atoms with Crippen LogP contribution in [0.2, 0.25) is 0 Å². The summed E-state index contributed by atoms with van der Waals surface area (Å²) in [6.07, 6.45) is 1.63. The lowest BCUT2D eigenvalue weighted by atomic mass is 10.1. The summed E-state index contributed by atoms with van der Waals surface area (Å²) in [5, 5.41) is 3.73. The average molecular weight is 267 g/mol. The third-order valence-corrected chi connectivity index (χ3v) is 2.95. The summed E-state index contributed by atoms with van der Waals surface area (Å²) < 4.78 is 5.45. The van der Waals surface area contributed by atoms with E-state index in [2.05, 4.69) is 17.2 Å². The van der Waals surface area contributed by atoms with Gasteiger partial charge in [0.2, 0.25) is 0 Å². The molecule has 1 rings (SSSR count). The largest absolute Gasteiger partial charge is 0.444 e. The van der Waals surface area contributed by atoms with E-state index in [0.29, 0.717) is 0 Å². The highest BCUT2D eigenvalue weighted by molar-refractivity contribution is 5.69. The molecule has 0 bridgehead atoms. The average Bonchev–Trinajstić information content (AvgIpc) is 2.71. The van der Waals surface area contributed by atoms with Crippen molar-refractivity contribution >= 4 is 12.8 Å². The van der Waals surface area contributed by atoms with Crippen LogP contribution in [-0.4, -0.2) is 35.9 Å². The smallest absolute Gasteiger partial charge is 0.410 e. The molecule has 1 fully saturated rings. The minimum atomic E-state index is -0.473. The second-order valence-electron chi connectivity index (χ2n) is 6.02. The molecule has 0 spiro atoms. The Balaban J connectivity index is 2.87. The van der Waals surface area contributed by atoms with E-state index in [1.165, 1.54) is 0 Å². The minimum absolute atomic E-state index is 0.00495. The zero-order valence-electron chi connectivity index (χ0n) is 12.6. The molecule has 19 heavy (non-hydrogen) atoms. The minimum Gasteiger partial charge on any atom is -0.444 e. The molecule has 0 aromatic carbocycles. The van der Waals surface area contributed by atoms with Crippen LogP contribution in [0.5, 0.6) is 0 Å². The van der Waals surface area contributed by atoms with Crippen molar-refractivity contribution in [3.8, 4) is 0 Å². The quantitative estimate of drug-likeness (QED) is 0.632. The van der Waals surface area contributed by atoms with E-state index in [-0.39, 0.29) is 12.1 Å². The third-order valence-electron chi connectivity index (χ3n) is 2.95. The Hall–Kier alpha value is -1.52. The zero-order valence-corrected chi connectivity index (χ0v) is 12.6. The molecule has 5 heteroatoms. The molecule has 0 aromatic rings. The Labute approximate surface area is 115 Å². The van der Waals surface area contributed by atoms with Gasteiger partial charge >= 0.3 is 6.09 Å². The number of allylic oxidation sites excluding steroid dienone is 1. The van der Waals surface area contributed by atoms with E-state index < -0.39 is 5.60 Å². The second-order valence-corrected chi connectivity index (χ2v) is 6.02. The van der Waals surface area contributed by atoms with Gasteiger partial charge in [-0.15, -0.1) is 0 Å². The summed E-state index contributed by atoms with van der Waals surface area (Å²) in [5.41, 5.74) is 4.49. The highest BCUT2D eigenvalue weighted by atomic mass is 16.6. The lowest BCUT2D eigenvalue weighted by Crippen LogP contribution is -2.42. The van der Waals surface area contributed by atoms with Crippen molar-refractivity contribution < 1.29 is 9.53 Å². The molecule has 1 aliphatic rings. The number of ether oxygens (including phenoxy) is 1. The van der Waals surface area contributed by atoms with Crippen LogP contribution in [0.3, 0.4) is 0 Å². The predicted molar refractivity (Wildman–Crippen MR) is 77.0 cm³/mol. The lowest BCUT2D eigenvalue weighted by molar-refractivity contribution is 0.0245. The Bertz CT molecular complexity index is 379. The van der Waals surface area contributed by atoms with Gasteiger partial charge in [-0.1, -0.05) is 5.57 Å². The van der Waals surface area contributed by atoms with Crippen molar-refractivity contribution in [2.75, 3.05) is 6.54 Å². The topological polar surface area (TPSA) is 53.9 Å². The van der Waals surface area contributed by atoms with Gasteiger partial charge in [-0.2, -0.15) is 5.10 Å². The number of rotatable bonds is 3. The number of hydrogen-bond donors (Lipinski definition) is 1. The number of hydrazone groups is 1. The van der Waals surface area contributed by atoms with Crippen molar-refractivity contribution in [1.29, 1.82) is 0 Å². The zero-order chi connectivity index (χ0) is 14.6. The van der Waals surface area contributed by atoms with Crippen molar-refractivity contribution in [3.05, 3.63) is 11.3 Å². The predicted octanol–water partition coefficient (Wildman–Crippen LogP) is 2.89. The van der Waals surface area contributed by atoms with Gasteiger partial charge in [0.15, 0.2) is 0 Å². The van der Waals surface area contributed by atoms with Gasteiger partial charge in [0.05, 0.1) is 11.7 Å². The summed E-state index contributed by atoms with van der Waals surface area (Å²) in [7, 11) is 0. The highest BCUT2D eigenvalue weighted by Crippen LogP contribution is 2.26. The van der Waals surface area contributed by atoms with E-state index in [9.17, 15) is 4.79 Å². The first kappa shape index (κ1) is 15.5. The summed E-state index contributed by atoms with van der Waals surface area (Å²) in [4.78, 5) is 14.0. The molecule has 108 valence electrons. The molecule has 1 N–H and O–H groups in total. The molecular weight excluding hydrogens is 242 g/mol. The van der Waals surface area contributed by atoms with E-state index in [4.69, 9.17) is 4.74 Å². The first-order valence-corrected chi connectivity index (χ1v) is 6.65. The van der Waals surface area contributed by atoms with Crippen molar-refractivity contribution in [3.63, 3.8) is 0 Å². The van der Waals surface area contributed by atoms with Crippen molar-refractivity contribution in [1.82, 2.24) is 10.3 Å². The normalized spacial score (nSPS) is 19.0. The van der Waals surface area contributed by atoms with Crippen LogP contribution in [-0.2, 0) is 4.74 Å². The number of amides is 1. The maximum atomic E-state index is 12.2. The van der Waals surface area contributed by atoms with Crippen molar-refractivity contribution in [2.24, 2.45) is 5.10 Å². The van der Waals surface area contributed by atoms with Crippen LogP contribution in [0.25, 0.3) is 0 Å². The molecule has 1 amide bonds. The van der Waals surface area contributed by atoms with E-state index in [0.717, 1.165) is 30.7 Å². The fourth-order valence-corrected chi connectivity index (χ4v) is 2.21. The number of hydrogen-bond acceptors (Lipinski definition) is 4. The second kappa shape index (κ2) is 6.08. The summed E-state index contributed by atoms with van der Waals surface area (Å²) in [6, 6.07) is 0.00495. The monoisotopic (exact) mass is 267 g/mol. The first-order valence-electron chi connectivity index (χ1n) is 6.65. The van der Waals surface area contributed by atoms with Gasteiger partial charge in [0.25, 0.3) is 0 Å². The van der Waals surface area contributed by atoms with Crippen LogP contribution in [0.1, 0.15) is 47.5 Å².